The van der Waals surface area contributed by atoms with Gasteiger partial charge in [0, 0.05) is 31.6 Å². The number of nitrogens with one attached hydrogen (secondary N) is 1. The minimum Gasteiger partial charge on any atom is -0.378 e. The number of rotatable bonds is 5. The second kappa shape index (κ2) is 7.52. The summed E-state index contributed by atoms with van der Waals surface area (Å²) < 4.78 is 18.6. The van der Waals surface area contributed by atoms with Crippen LogP contribution < -0.4 is 5.32 Å². The standard InChI is InChI=1S/C16H23FN2O2/c1-12(2)19(10-13-4-3-5-14(17)8-13)16(20)9-15-11-21-7-6-18-15/h3-5,8,12,15,18H,6-7,9-11H2,1-2H3. The molecule has 4 nitrogen and oxygen atoms in total. The maximum Gasteiger partial charge on any atom is 0.224 e. The molecule has 1 fully saturated rings. The summed E-state index contributed by atoms with van der Waals surface area (Å²) >= 11 is 0. The molecule has 0 saturated carbocycles. The molecule has 116 valence electrons. The molecule has 1 unspecified atom stereocenters. The molecule has 1 saturated heterocycles. The van der Waals surface area contributed by atoms with Crippen molar-refractivity contribution in [1.29, 1.82) is 0 Å². The first-order valence-corrected chi connectivity index (χ1v) is 7.41. The largest absolute Gasteiger partial charge is 0.378 e. The van der Waals surface area contributed by atoms with Gasteiger partial charge in [-0.25, -0.2) is 4.39 Å². The minimum atomic E-state index is -0.272. The highest BCUT2D eigenvalue weighted by Gasteiger charge is 2.23. The molecule has 2 rings (SSSR count). The van der Waals surface area contributed by atoms with E-state index in [-0.39, 0.29) is 23.8 Å². The first-order chi connectivity index (χ1) is 10.1. The zero-order valence-corrected chi connectivity index (χ0v) is 12.6. The van der Waals surface area contributed by atoms with Gasteiger partial charge in [-0.2, -0.15) is 0 Å². The number of halogens is 1. The number of nitrogens with zero attached hydrogens (tertiary/aromatic N) is 1. The van der Waals surface area contributed by atoms with E-state index in [9.17, 15) is 9.18 Å². The lowest BCUT2D eigenvalue weighted by atomic mass is 10.1. The van der Waals surface area contributed by atoms with Crippen molar-refractivity contribution >= 4 is 5.91 Å². The molecule has 0 radical (unpaired) electrons. The summed E-state index contributed by atoms with van der Waals surface area (Å²) in [6.45, 7) is 6.43. The number of carbonyl (C=O) groups excluding carboxylic acids is 1. The maximum atomic E-state index is 13.3. The highest BCUT2D eigenvalue weighted by Crippen LogP contribution is 2.13. The Morgan fingerprint density at radius 1 is 1.52 bits per heavy atom. The molecule has 1 heterocycles. The van der Waals surface area contributed by atoms with Gasteiger partial charge in [-0.1, -0.05) is 12.1 Å². The molecule has 1 atom stereocenters. The van der Waals surface area contributed by atoms with Gasteiger partial charge in [0.1, 0.15) is 5.82 Å². The Balaban J connectivity index is 1.98. The summed E-state index contributed by atoms with van der Waals surface area (Å²) in [6, 6.07) is 6.54. The lowest BCUT2D eigenvalue weighted by molar-refractivity contribution is -0.134. The fourth-order valence-corrected chi connectivity index (χ4v) is 2.47. The van der Waals surface area contributed by atoms with Crippen molar-refractivity contribution in [3.05, 3.63) is 35.6 Å². The number of benzene rings is 1. The maximum absolute atomic E-state index is 13.3. The Bertz CT molecular complexity index is 473. The van der Waals surface area contributed by atoms with Gasteiger partial charge in [0.2, 0.25) is 5.91 Å². The molecular weight excluding hydrogens is 271 g/mol. The van der Waals surface area contributed by atoms with Crippen molar-refractivity contribution in [3.8, 4) is 0 Å². The number of ether oxygens (including phenoxy) is 1. The van der Waals surface area contributed by atoms with Crippen molar-refractivity contribution in [3.63, 3.8) is 0 Å². The summed E-state index contributed by atoms with van der Waals surface area (Å²) in [5, 5.41) is 3.28. The van der Waals surface area contributed by atoms with Gasteiger partial charge < -0.3 is 15.0 Å². The second-order valence-electron chi connectivity index (χ2n) is 5.68. The van der Waals surface area contributed by atoms with Crippen LogP contribution in [-0.2, 0) is 16.1 Å². The Morgan fingerprint density at radius 3 is 2.95 bits per heavy atom. The van der Waals surface area contributed by atoms with E-state index in [0.29, 0.717) is 26.2 Å². The van der Waals surface area contributed by atoms with Crippen LogP contribution in [-0.4, -0.2) is 42.6 Å². The number of morpholine rings is 1. The van der Waals surface area contributed by atoms with Crippen molar-refractivity contribution in [2.45, 2.75) is 38.9 Å². The van der Waals surface area contributed by atoms with E-state index in [4.69, 9.17) is 4.74 Å². The van der Waals surface area contributed by atoms with Crippen molar-refractivity contribution < 1.29 is 13.9 Å². The molecule has 1 aliphatic heterocycles. The van der Waals surface area contributed by atoms with Crippen LogP contribution in [0.2, 0.25) is 0 Å². The Kier molecular flexibility index (Phi) is 5.70. The first kappa shape index (κ1) is 15.9. The van der Waals surface area contributed by atoms with Crippen molar-refractivity contribution in [1.82, 2.24) is 10.2 Å². The van der Waals surface area contributed by atoms with Crippen LogP contribution in [0.25, 0.3) is 0 Å². The van der Waals surface area contributed by atoms with Crippen LogP contribution in [0.4, 0.5) is 4.39 Å². The van der Waals surface area contributed by atoms with Crippen LogP contribution >= 0.6 is 0 Å². The van der Waals surface area contributed by atoms with E-state index >= 15 is 0 Å². The molecule has 1 N–H and O–H groups in total. The Hall–Kier alpha value is -1.46. The van der Waals surface area contributed by atoms with Gasteiger partial charge in [-0.05, 0) is 31.5 Å². The highest BCUT2D eigenvalue weighted by molar-refractivity contribution is 5.77. The van der Waals surface area contributed by atoms with E-state index < -0.39 is 0 Å². The third-order valence-corrected chi connectivity index (χ3v) is 3.61. The zero-order chi connectivity index (χ0) is 15.2. The van der Waals surface area contributed by atoms with E-state index in [1.807, 2.05) is 19.9 Å². The molecule has 1 aromatic carbocycles. The predicted octanol–water partition coefficient (Wildman–Crippen LogP) is 1.94. The fourth-order valence-electron chi connectivity index (χ4n) is 2.47. The summed E-state index contributed by atoms with van der Waals surface area (Å²) in [5.74, 6) is -0.205. The molecular formula is C16H23FN2O2. The summed E-state index contributed by atoms with van der Waals surface area (Å²) in [7, 11) is 0. The van der Waals surface area contributed by atoms with E-state index in [1.54, 1.807) is 11.0 Å². The molecule has 1 aliphatic rings. The molecule has 1 amide bonds. The SMILES string of the molecule is CC(C)N(Cc1cccc(F)c1)C(=O)CC1COCCN1. The topological polar surface area (TPSA) is 41.6 Å². The molecule has 1 aromatic rings. The Labute approximate surface area is 125 Å². The van der Waals surface area contributed by atoms with Crippen LogP contribution in [0.1, 0.15) is 25.8 Å². The highest BCUT2D eigenvalue weighted by atomic mass is 19.1. The van der Waals surface area contributed by atoms with E-state index in [1.165, 1.54) is 12.1 Å². The van der Waals surface area contributed by atoms with Gasteiger partial charge in [0.05, 0.1) is 13.2 Å². The average molecular weight is 294 g/mol. The Morgan fingerprint density at radius 2 is 2.33 bits per heavy atom. The molecule has 0 aromatic heterocycles. The lowest BCUT2D eigenvalue weighted by Gasteiger charge is -2.30. The zero-order valence-electron chi connectivity index (χ0n) is 12.6. The van der Waals surface area contributed by atoms with E-state index in [2.05, 4.69) is 5.32 Å². The smallest absolute Gasteiger partial charge is 0.224 e. The third-order valence-electron chi connectivity index (χ3n) is 3.61. The van der Waals surface area contributed by atoms with Gasteiger partial charge in [0.25, 0.3) is 0 Å². The number of amides is 1. The first-order valence-electron chi connectivity index (χ1n) is 7.41. The fraction of sp³-hybridized carbons (Fsp3) is 0.562. The molecule has 0 bridgehead atoms. The van der Waals surface area contributed by atoms with Crippen LogP contribution in [0.3, 0.4) is 0 Å². The molecule has 0 aliphatic carbocycles. The van der Waals surface area contributed by atoms with Crippen LogP contribution in [0.5, 0.6) is 0 Å². The molecule has 21 heavy (non-hydrogen) atoms. The number of hydrogen-bond donors (Lipinski definition) is 1. The van der Waals surface area contributed by atoms with Gasteiger partial charge in [-0.15, -0.1) is 0 Å². The quantitative estimate of drug-likeness (QED) is 0.902. The normalized spacial score (nSPS) is 18.8. The van der Waals surface area contributed by atoms with Crippen molar-refractivity contribution in [2.24, 2.45) is 0 Å². The molecule has 5 heteroatoms. The van der Waals surface area contributed by atoms with Gasteiger partial charge >= 0.3 is 0 Å². The molecule has 0 spiro atoms. The van der Waals surface area contributed by atoms with Gasteiger partial charge in [0.15, 0.2) is 0 Å². The van der Waals surface area contributed by atoms with Crippen LogP contribution in [0.15, 0.2) is 24.3 Å². The average Bonchev–Trinajstić information content (AvgIpc) is 2.45. The second-order valence-corrected chi connectivity index (χ2v) is 5.68. The van der Waals surface area contributed by atoms with Crippen molar-refractivity contribution in [2.75, 3.05) is 19.8 Å². The summed E-state index contributed by atoms with van der Waals surface area (Å²) in [4.78, 5) is 14.3. The minimum absolute atomic E-state index is 0.0669. The lowest BCUT2D eigenvalue weighted by Crippen LogP contribution is -2.46. The monoisotopic (exact) mass is 294 g/mol. The predicted molar refractivity (Wildman–Crippen MR) is 79.3 cm³/mol. The summed E-state index contributed by atoms with van der Waals surface area (Å²) in [6.07, 6.45) is 0.410. The third kappa shape index (κ3) is 4.79. The number of hydrogen-bond acceptors (Lipinski definition) is 3. The summed E-state index contributed by atoms with van der Waals surface area (Å²) in [5.41, 5.74) is 0.810. The van der Waals surface area contributed by atoms with E-state index in [0.717, 1.165) is 12.1 Å². The van der Waals surface area contributed by atoms with Crippen LogP contribution in [0, 0.1) is 5.82 Å². The number of carbonyl (C=O) groups is 1. The van der Waals surface area contributed by atoms with Gasteiger partial charge in [-0.3, -0.25) is 4.79 Å².